The van der Waals surface area contributed by atoms with E-state index in [1.807, 2.05) is 24.3 Å². The number of thiazole rings is 1. The highest BCUT2D eigenvalue weighted by atomic mass is 32.1. The van der Waals surface area contributed by atoms with Gasteiger partial charge in [0.2, 0.25) is 16.9 Å². The largest absolute Gasteiger partial charge is 0.464 e. The summed E-state index contributed by atoms with van der Waals surface area (Å²) in [5.41, 5.74) is 1.58. The number of nitrogens with zero attached hydrogens (tertiary/aromatic N) is 5. The Morgan fingerprint density at radius 1 is 0.944 bits per heavy atom. The normalized spacial score (nSPS) is 19.2. The van der Waals surface area contributed by atoms with E-state index < -0.39 is 29.8 Å². The molecular weight excluding hydrogens is 482 g/mol. The zero-order valence-corrected chi connectivity index (χ0v) is 20.1. The molecule has 2 aliphatic rings. The van der Waals surface area contributed by atoms with Gasteiger partial charge in [-0.05, 0) is 24.3 Å². The number of hydrogen-bond acceptors (Lipinski definition) is 9. The molecule has 0 saturated carbocycles. The highest BCUT2D eigenvalue weighted by Crippen LogP contribution is 2.40. The van der Waals surface area contributed by atoms with Gasteiger partial charge >= 0.3 is 6.03 Å². The van der Waals surface area contributed by atoms with E-state index in [1.165, 1.54) is 31.7 Å². The Morgan fingerprint density at radius 2 is 1.64 bits per heavy atom. The maximum Gasteiger partial charge on any atom is 0.332 e. The first-order valence-corrected chi connectivity index (χ1v) is 12.0. The van der Waals surface area contributed by atoms with Crippen LogP contribution in [0.15, 0.2) is 69.1 Å². The molecule has 6 rings (SSSR count). The molecule has 0 radical (unpaired) electrons. The van der Waals surface area contributed by atoms with Gasteiger partial charge in [0.1, 0.15) is 11.8 Å². The van der Waals surface area contributed by atoms with E-state index in [9.17, 15) is 19.2 Å². The Morgan fingerprint density at radius 3 is 2.39 bits per heavy atom. The summed E-state index contributed by atoms with van der Waals surface area (Å²) in [6.07, 6.45) is 1.51. The van der Waals surface area contributed by atoms with Gasteiger partial charge in [0.05, 0.1) is 32.9 Å². The van der Waals surface area contributed by atoms with Crippen LogP contribution in [-0.2, 0) is 9.59 Å². The average molecular weight is 502 g/mol. The van der Waals surface area contributed by atoms with Gasteiger partial charge in [-0.25, -0.2) is 14.8 Å². The lowest BCUT2D eigenvalue weighted by Gasteiger charge is -2.32. The fourth-order valence-electron chi connectivity index (χ4n) is 4.60. The van der Waals surface area contributed by atoms with Gasteiger partial charge in [-0.1, -0.05) is 35.6 Å². The quantitative estimate of drug-likeness (QED) is 0.395. The van der Waals surface area contributed by atoms with Crippen LogP contribution in [0.25, 0.3) is 21.2 Å². The molecule has 36 heavy (non-hydrogen) atoms. The zero-order valence-electron chi connectivity index (χ0n) is 19.2. The molecule has 1 saturated heterocycles. The molecule has 1 atom stereocenters. The summed E-state index contributed by atoms with van der Waals surface area (Å²) in [6.45, 7) is 0. The first-order chi connectivity index (χ1) is 17.3. The highest BCUT2D eigenvalue weighted by Gasteiger charge is 2.48. The molecule has 1 fully saturated rings. The number of para-hydroxylation sites is 2. The molecule has 2 aliphatic heterocycles. The highest BCUT2D eigenvalue weighted by molar-refractivity contribution is 7.22. The van der Waals surface area contributed by atoms with Gasteiger partial charge in [-0.15, -0.1) is 0 Å². The van der Waals surface area contributed by atoms with Gasteiger partial charge in [0, 0.05) is 20.5 Å². The predicted molar refractivity (Wildman–Crippen MR) is 134 cm³/mol. The Balaban J connectivity index is 1.49. The molecule has 0 N–H and O–H groups in total. The van der Waals surface area contributed by atoms with Gasteiger partial charge < -0.3 is 4.42 Å². The second-order valence-corrected chi connectivity index (χ2v) is 9.66. The fourth-order valence-corrected chi connectivity index (χ4v) is 5.57. The van der Waals surface area contributed by atoms with Crippen LogP contribution in [0.2, 0.25) is 0 Å². The molecule has 180 valence electrons. The van der Waals surface area contributed by atoms with Crippen molar-refractivity contribution in [2.24, 2.45) is 11.0 Å². The molecule has 2 aromatic heterocycles. The van der Waals surface area contributed by atoms with Crippen molar-refractivity contribution in [2.75, 3.05) is 19.1 Å². The molecule has 0 aliphatic carbocycles. The Kier molecular flexibility index (Phi) is 4.97. The summed E-state index contributed by atoms with van der Waals surface area (Å²) in [5.74, 6) is -2.58. The van der Waals surface area contributed by atoms with Crippen molar-refractivity contribution >= 4 is 61.2 Å². The van der Waals surface area contributed by atoms with Crippen LogP contribution in [0.4, 0.5) is 9.93 Å². The number of aromatic nitrogens is 1. The topological polar surface area (TPSA) is 116 Å². The molecule has 0 spiro atoms. The number of amides is 4. The molecule has 4 aromatic rings. The van der Waals surface area contributed by atoms with Gasteiger partial charge in [-0.2, -0.15) is 5.10 Å². The number of barbiturate groups is 1. The van der Waals surface area contributed by atoms with E-state index in [0.29, 0.717) is 21.7 Å². The van der Waals surface area contributed by atoms with E-state index in [-0.39, 0.29) is 17.6 Å². The SMILES string of the molecule is CN1C(=O)C(C2=NN(c3nc4ccccc4s3)C(c3coc4ccccc4c3=O)C2)C(=O)N(C)C1=O. The van der Waals surface area contributed by atoms with Crippen LogP contribution in [0.1, 0.15) is 18.0 Å². The third kappa shape index (κ3) is 3.23. The monoisotopic (exact) mass is 501 g/mol. The average Bonchev–Trinajstić information content (AvgIpc) is 3.51. The first-order valence-electron chi connectivity index (χ1n) is 11.2. The number of fused-ring (bicyclic) bond motifs is 2. The third-order valence-corrected chi connectivity index (χ3v) is 7.57. The summed E-state index contributed by atoms with van der Waals surface area (Å²) in [6, 6.07) is 13.2. The van der Waals surface area contributed by atoms with E-state index in [0.717, 1.165) is 20.0 Å². The fraction of sp³-hybridized carbons (Fsp3) is 0.200. The van der Waals surface area contributed by atoms with Crippen LogP contribution in [0, 0.1) is 5.92 Å². The Bertz CT molecular complexity index is 1620. The summed E-state index contributed by atoms with van der Waals surface area (Å²) in [4.78, 5) is 58.2. The van der Waals surface area contributed by atoms with Gasteiger partial charge in [0.25, 0.3) is 0 Å². The number of hydrogen-bond donors (Lipinski definition) is 0. The minimum absolute atomic E-state index is 0.108. The second-order valence-electron chi connectivity index (χ2n) is 8.65. The summed E-state index contributed by atoms with van der Waals surface area (Å²) in [7, 11) is 2.66. The van der Waals surface area contributed by atoms with Crippen LogP contribution in [0.3, 0.4) is 0 Å². The molecule has 1 unspecified atom stereocenters. The molecule has 4 heterocycles. The molecule has 2 aromatic carbocycles. The summed E-state index contributed by atoms with van der Waals surface area (Å²) < 4.78 is 6.69. The van der Waals surface area contributed by atoms with Crippen molar-refractivity contribution < 1.29 is 18.8 Å². The lowest BCUT2D eigenvalue weighted by atomic mass is 9.92. The maximum atomic E-state index is 13.5. The van der Waals surface area contributed by atoms with Gasteiger partial charge in [-0.3, -0.25) is 24.2 Å². The molecule has 4 amide bonds. The minimum Gasteiger partial charge on any atom is -0.464 e. The van der Waals surface area contributed by atoms with E-state index in [4.69, 9.17) is 4.42 Å². The van der Waals surface area contributed by atoms with Crippen LogP contribution in [-0.4, -0.2) is 52.4 Å². The summed E-state index contributed by atoms with van der Waals surface area (Å²) >= 11 is 1.38. The number of rotatable bonds is 3. The number of imide groups is 2. The second kappa shape index (κ2) is 8.09. The molecule has 10 nitrogen and oxygen atoms in total. The van der Waals surface area contributed by atoms with Crippen molar-refractivity contribution in [1.82, 2.24) is 14.8 Å². The van der Waals surface area contributed by atoms with Crippen molar-refractivity contribution in [2.45, 2.75) is 12.5 Å². The molecule has 11 heteroatoms. The van der Waals surface area contributed by atoms with Crippen molar-refractivity contribution in [3.63, 3.8) is 0 Å². The van der Waals surface area contributed by atoms with Crippen molar-refractivity contribution in [1.29, 1.82) is 0 Å². The molecule has 0 bridgehead atoms. The van der Waals surface area contributed by atoms with E-state index >= 15 is 0 Å². The first kappa shape index (κ1) is 22.1. The zero-order chi connectivity index (χ0) is 25.1. The number of benzene rings is 2. The van der Waals surface area contributed by atoms with Crippen LogP contribution < -0.4 is 10.4 Å². The predicted octanol–water partition coefficient (Wildman–Crippen LogP) is 3.38. The van der Waals surface area contributed by atoms with Crippen molar-refractivity contribution in [3.8, 4) is 0 Å². The van der Waals surface area contributed by atoms with E-state index in [2.05, 4.69) is 10.1 Å². The number of carbonyl (C=O) groups excluding carboxylic acids is 3. The van der Waals surface area contributed by atoms with Crippen molar-refractivity contribution in [3.05, 3.63) is 70.6 Å². The smallest absolute Gasteiger partial charge is 0.332 e. The maximum absolute atomic E-state index is 13.5. The van der Waals surface area contributed by atoms with Gasteiger partial charge in [0.15, 0.2) is 11.3 Å². The van der Waals surface area contributed by atoms with E-state index in [1.54, 1.807) is 29.3 Å². The number of urea groups is 1. The minimum atomic E-state index is -1.27. The Hall–Kier alpha value is -4.38. The number of anilines is 1. The molecular formula is C25H19N5O5S. The van der Waals surface area contributed by atoms with Crippen LogP contribution >= 0.6 is 11.3 Å². The number of hydrazone groups is 1. The number of carbonyl (C=O) groups is 3. The third-order valence-electron chi connectivity index (χ3n) is 6.54. The standard InChI is InChI=1S/C25H19N5O5S/c1-28-22(32)20(23(33)29(2)25(28)34)16-11-17(14-12-35-18-9-5-3-7-13(18)21(14)31)30(27-16)24-26-15-8-4-6-10-19(15)36-24/h3-10,12,17,20H,11H2,1-2H3. The Labute approximate surface area is 208 Å². The van der Waals surface area contributed by atoms with Crippen LogP contribution in [0.5, 0.6) is 0 Å². The lowest BCUT2D eigenvalue weighted by molar-refractivity contribution is -0.144. The lowest BCUT2D eigenvalue weighted by Crippen LogP contribution is -2.58. The summed E-state index contributed by atoms with van der Waals surface area (Å²) in [5, 5.41) is 7.17.